The summed E-state index contributed by atoms with van der Waals surface area (Å²) in [6.45, 7) is 8.15. The van der Waals surface area contributed by atoms with Crippen LogP contribution in [0.1, 0.15) is 44.4 Å². The van der Waals surface area contributed by atoms with Crippen molar-refractivity contribution in [1.82, 2.24) is 0 Å². The fourth-order valence-electron chi connectivity index (χ4n) is 2.34. The molecule has 2 rings (SSSR count). The van der Waals surface area contributed by atoms with Gasteiger partial charge in [-0.25, -0.2) is 8.78 Å². The number of halogens is 2. The summed E-state index contributed by atoms with van der Waals surface area (Å²) in [5.74, 6) is -1.24. The van der Waals surface area contributed by atoms with Crippen molar-refractivity contribution < 1.29 is 8.78 Å². The van der Waals surface area contributed by atoms with Gasteiger partial charge in [0.25, 0.3) is 0 Å². The van der Waals surface area contributed by atoms with Crippen molar-refractivity contribution in [3.05, 3.63) is 70.8 Å². The third kappa shape index (κ3) is 3.30. The Hall–Kier alpha value is -1.74. The molecule has 0 aliphatic rings. The monoisotopic (exact) mass is 289 g/mol. The molecule has 0 saturated carbocycles. The second-order valence-corrected chi connectivity index (χ2v) is 6.69. The lowest BCUT2D eigenvalue weighted by atomic mass is 9.82. The van der Waals surface area contributed by atoms with Crippen LogP contribution < -0.4 is 5.73 Å². The van der Waals surface area contributed by atoms with Gasteiger partial charge in [-0.15, -0.1) is 0 Å². The maximum Gasteiger partial charge on any atom is 0.126 e. The van der Waals surface area contributed by atoms with Gasteiger partial charge in [-0.1, -0.05) is 45.0 Å². The molecule has 0 spiro atoms. The van der Waals surface area contributed by atoms with E-state index in [-0.39, 0.29) is 5.41 Å². The SMILES string of the molecule is CC(C)(C)c1ccc(C(C)(N)c2cc(F)cc(F)c2)cc1. The summed E-state index contributed by atoms with van der Waals surface area (Å²) in [5, 5.41) is 0. The molecular formula is C18H21F2N. The van der Waals surface area contributed by atoms with Crippen LogP contribution >= 0.6 is 0 Å². The van der Waals surface area contributed by atoms with Crippen molar-refractivity contribution in [2.45, 2.75) is 38.6 Å². The lowest BCUT2D eigenvalue weighted by Gasteiger charge is -2.27. The van der Waals surface area contributed by atoms with Gasteiger partial charge in [-0.05, 0) is 41.2 Å². The fourth-order valence-corrected chi connectivity index (χ4v) is 2.34. The van der Waals surface area contributed by atoms with Crippen LogP contribution in [0.4, 0.5) is 8.78 Å². The van der Waals surface area contributed by atoms with E-state index in [9.17, 15) is 8.78 Å². The first-order valence-corrected chi connectivity index (χ1v) is 6.97. The third-order valence-electron chi connectivity index (χ3n) is 3.81. The van der Waals surface area contributed by atoms with Crippen LogP contribution in [-0.4, -0.2) is 0 Å². The molecule has 0 fully saturated rings. The Morgan fingerprint density at radius 3 is 1.57 bits per heavy atom. The highest BCUT2D eigenvalue weighted by atomic mass is 19.1. The molecule has 2 N–H and O–H groups in total. The predicted octanol–water partition coefficient (Wildman–Crippen LogP) is 4.48. The number of hydrogen-bond acceptors (Lipinski definition) is 1. The number of benzene rings is 2. The molecule has 2 aromatic rings. The number of rotatable bonds is 2. The fraction of sp³-hybridized carbons (Fsp3) is 0.333. The Bertz CT molecular complexity index is 617. The van der Waals surface area contributed by atoms with Crippen molar-refractivity contribution in [3.8, 4) is 0 Å². The van der Waals surface area contributed by atoms with Gasteiger partial charge in [0.1, 0.15) is 11.6 Å². The highest BCUT2D eigenvalue weighted by molar-refractivity contribution is 5.39. The van der Waals surface area contributed by atoms with Gasteiger partial charge in [0, 0.05) is 6.07 Å². The van der Waals surface area contributed by atoms with Crippen LogP contribution in [0.2, 0.25) is 0 Å². The first kappa shape index (κ1) is 15.6. The van der Waals surface area contributed by atoms with Crippen LogP contribution in [0, 0.1) is 11.6 Å². The highest BCUT2D eigenvalue weighted by Gasteiger charge is 2.25. The summed E-state index contributed by atoms with van der Waals surface area (Å²) in [4.78, 5) is 0. The minimum absolute atomic E-state index is 0.0501. The van der Waals surface area contributed by atoms with E-state index in [4.69, 9.17) is 5.73 Å². The van der Waals surface area contributed by atoms with E-state index in [1.165, 1.54) is 17.7 Å². The summed E-state index contributed by atoms with van der Waals surface area (Å²) < 4.78 is 26.8. The molecule has 0 amide bonds. The van der Waals surface area contributed by atoms with Crippen molar-refractivity contribution in [1.29, 1.82) is 0 Å². The topological polar surface area (TPSA) is 26.0 Å². The van der Waals surface area contributed by atoms with E-state index < -0.39 is 17.2 Å². The minimum atomic E-state index is -0.945. The predicted molar refractivity (Wildman–Crippen MR) is 82.1 cm³/mol. The summed E-state index contributed by atoms with van der Waals surface area (Å²) >= 11 is 0. The molecule has 1 unspecified atom stereocenters. The Balaban J connectivity index is 2.43. The molecule has 0 radical (unpaired) electrons. The van der Waals surface area contributed by atoms with Gasteiger partial charge in [0.15, 0.2) is 0 Å². The summed E-state index contributed by atoms with van der Waals surface area (Å²) in [5.41, 5.74) is 7.86. The van der Waals surface area contributed by atoms with Gasteiger partial charge >= 0.3 is 0 Å². The van der Waals surface area contributed by atoms with E-state index in [0.717, 1.165) is 11.6 Å². The standard InChI is InChI=1S/C18H21F2N/c1-17(2,3)12-5-7-13(8-6-12)18(4,21)14-9-15(19)11-16(20)10-14/h5-11H,21H2,1-4H3. The zero-order valence-electron chi connectivity index (χ0n) is 12.9. The molecule has 1 nitrogen and oxygen atoms in total. The number of nitrogens with two attached hydrogens (primary N) is 1. The molecule has 0 aromatic heterocycles. The van der Waals surface area contributed by atoms with E-state index in [0.29, 0.717) is 5.56 Å². The first-order chi connectivity index (χ1) is 9.60. The molecular weight excluding hydrogens is 268 g/mol. The molecule has 0 saturated heterocycles. The molecule has 21 heavy (non-hydrogen) atoms. The van der Waals surface area contributed by atoms with E-state index in [2.05, 4.69) is 20.8 Å². The molecule has 3 heteroatoms. The average Bonchev–Trinajstić information content (AvgIpc) is 2.36. The second kappa shape index (κ2) is 5.23. The van der Waals surface area contributed by atoms with Crippen LogP contribution in [0.5, 0.6) is 0 Å². The molecule has 0 heterocycles. The van der Waals surface area contributed by atoms with Gasteiger partial charge in [-0.2, -0.15) is 0 Å². The van der Waals surface area contributed by atoms with Gasteiger partial charge in [-0.3, -0.25) is 0 Å². The number of hydrogen-bond donors (Lipinski definition) is 1. The zero-order chi connectivity index (χ0) is 15.8. The minimum Gasteiger partial charge on any atom is -0.318 e. The van der Waals surface area contributed by atoms with Crippen molar-refractivity contribution in [2.75, 3.05) is 0 Å². The zero-order valence-corrected chi connectivity index (χ0v) is 12.9. The van der Waals surface area contributed by atoms with Crippen LogP contribution in [0.15, 0.2) is 42.5 Å². The Morgan fingerprint density at radius 1 is 0.714 bits per heavy atom. The Morgan fingerprint density at radius 2 is 1.14 bits per heavy atom. The molecule has 0 aliphatic heterocycles. The normalized spacial score (nSPS) is 14.8. The van der Waals surface area contributed by atoms with Gasteiger partial charge in [0.05, 0.1) is 5.54 Å². The maximum absolute atomic E-state index is 13.4. The third-order valence-corrected chi connectivity index (χ3v) is 3.81. The lowest BCUT2D eigenvalue weighted by molar-refractivity contribution is 0.549. The van der Waals surface area contributed by atoms with Crippen molar-refractivity contribution in [3.63, 3.8) is 0 Å². The second-order valence-electron chi connectivity index (χ2n) is 6.69. The molecule has 0 aliphatic carbocycles. The van der Waals surface area contributed by atoms with Gasteiger partial charge in [0.2, 0.25) is 0 Å². The highest BCUT2D eigenvalue weighted by Crippen LogP contribution is 2.30. The Kier molecular flexibility index (Phi) is 3.89. The smallest absolute Gasteiger partial charge is 0.126 e. The summed E-state index contributed by atoms with van der Waals surface area (Å²) in [7, 11) is 0. The maximum atomic E-state index is 13.4. The Labute approximate surface area is 124 Å². The summed E-state index contributed by atoms with van der Waals surface area (Å²) in [6.07, 6.45) is 0. The lowest BCUT2D eigenvalue weighted by Crippen LogP contribution is -2.34. The first-order valence-electron chi connectivity index (χ1n) is 6.97. The van der Waals surface area contributed by atoms with E-state index in [1.807, 2.05) is 24.3 Å². The molecule has 1 atom stereocenters. The van der Waals surface area contributed by atoms with Crippen LogP contribution in [-0.2, 0) is 11.0 Å². The van der Waals surface area contributed by atoms with E-state index in [1.54, 1.807) is 6.92 Å². The molecule has 112 valence electrons. The largest absolute Gasteiger partial charge is 0.318 e. The average molecular weight is 289 g/mol. The van der Waals surface area contributed by atoms with Crippen molar-refractivity contribution >= 4 is 0 Å². The van der Waals surface area contributed by atoms with E-state index >= 15 is 0 Å². The van der Waals surface area contributed by atoms with Crippen molar-refractivity contribution in [2.24, 2.45) is 5.73 Å². The molecule has 0 bridgehead atoms. The quantitative estimate of drug-likeness (QED) is 0.866. The van der Waals surface area contributed by atoms with Gasteiger partial charge < -0.3 is 5.73 Å². The summed E-state index contributed by atoms with van der Waals surface area (Å²) in [6, 6.07) is 11.3. The molecule has 2 aromatic carbocycles. The van der Waals surface area contributed by atoms with Crippen LogP contribution in [0.3, 0.4) is 0 Å². The van der Waals surface area contributed by atoms with Crippen LogP contribution in [0.25, 0.3) is 0 Å².